The van der Waals surface area contributed by atoms with Gasteiger partial charge in [0.05, 0.1) is 5.56 Å². The second-order valence-corrected chi connectivity index (χ2v) is 3.61. The third-order valence-corrected chi connectivity index (χ3v) is 2.31. The van der Waals surface area contributed by atoms with Crippen molar-refractivity contribution in [3.63, 3.8) is 0 Å². The summed E-state index contributed by atoms with van der Waals surface area (Å²) in [5.41, 5.74) is 0.321. The Bertz CT molecular complexity index is 315. The molecule has 2 N–H and O–H groups in total. The monoisotopic (exact) mass is 257 g/mol. The lowest BCUT2D eigenvalue weighted by molar-refractivity contribution is 0.0951. The van der Waals surface area contributed by atoms with Crippen LogP contribution in [-0.4, -0.2) is 22.9 Å². The summed E-state index contributed by atoms with van der Waals surface area (Å²) < 4.78 is 0. The average Bonchev–Trinajstić information content (AvgIpc) is 2.18. The average molecular weight is 258 g/mol. The van der Waals surface area contributed by atoms with Gasteiger partial charge in [-0.1, -0.05) is 28.1 Å². The summed E-state index contributed by atoms with van der Waals surface area (Å²) >= 11 is 3.27. The number of alkyl halides is 1. The van der Waals surface area contributed by atoms with Crippen LogP contribution in [0.15, 0.2) is 24.3 Å². The van der Waals surface area contributed by atoms with Crippen LogP contribution in [-0.2, 0) is 0 Å². The largest absolute Gasteiger partial charge is 0.507 e. The maximum atomic E-state index is 11.5. The number of nitrogens with one attached hydrogen (secondary N) is 1. The Morgan fingerprint density at radius 2 is 2.14 bits per heavy atom. The number of amides is 1. The highest BCUT2D eigenvalue weighted by atomic mass is 79.9. The molecule has 1 amide bonds. The standard InChI is InChI=1S/C10H12BrNO2/c11-6-3-7-12-10(14)8-4-1-2-5-9(8)13/h1-2,4-5,13H,3,6-7H2,(H,12,14). The van der Waals surface area contributed by atoms with E-state index >= 15 is 0 Å². The highest BCUT2D eigenvalue weighted by Crippen LogP contribution is 2.14. The van der Waals surface area contributed by atoms with Gasteiger partial charge in [0.2, 0.25) is 0 Å². The fourth-order valence-electron chi connectivity index (χ4n) is 1.03. The molecule has 0 fully saturated rings. The zero-order valence-electron chi connectivity index (χ0n) is 7.66. The van der Waals surface area contributed by atoms with Crippen molar-refractivity contribution in [2.45, 2.75) is 6.42 Å². The molecule has 0 radical (unpaired) electrons. The Labute approximate surface area is 91.3 Å². The highest BCUT2D eigenvalue weighted by Gasteiger charge is 2.08. The molecule has 0 bridgehead atoms. The van der Waals surface area contributed by atoms with Crippen molar-refractivity contribution >= 4 is 21.8 Å². The third kappa shape index (κ3) is 3.03. The smallest absolute Gasteiger partial charge is 0.255 e. The minimum Gasteiger partial charge on any atom is -0.507 e. The summed E-state index contributed by atoms with van der Waals surface area (Å²) in [5, 5.41) is 12.9. The van der Waals surface area contributed by atoms with E-state index in [1.165, 1.54) is 6.07 Å². The number of hydrogen-bond donors (Lipinski definition) is 2. The molecule has 0 saturated heterocycles. The van der Waals surface area contributed by atoms with Crippen LogP contribution >= 0.6 is 15.9 Å². The zero-order chi connectivity index (χ0) is 10.4. The van der Waals surface area contributed by atoms with Crippen molar-refractivity contribution in [3.8, 4) is 5.75 Å². The summed E-state index contributed by atoms with van der Waals surface area (Å²) in [5.74, 6) is -0.215. The van der Waals surface area contributed by atoms with E-state index in [1.54, 1.807) is 18.2 Å². The molecule has 0 aromatic heterocycles. The number of halogens is 1. The molecule has 0 atom stereocenters. The molecule has 0 heterocycles. The van der Waals surface area contributed by atoms with Crippen molar-refractivity contribution in [1.82, 2.24) is 5.32 Å². The molecule has 76 valence electrons. The van der Waals surface area contributed by atoms with Gasteiger partial charge in [-0.15, -0.1) is 0 Å². The number of hydrogen-bond acceptors (Lipinski definition) is 2. The Balaban J connectivity index is 2.56. The Morgan fingerprint density at radius 1 is 1.43 bits per heavy atom. The Hall–Kier alpha value is -1.03. The topological polar surface area (TPSA) is 49.3 Å². The van der Waals surface area contributed by atoms with E-state index in [0.717, 1.165) is 11.8 Å². The normalized spacial score (nSPS) is 9.79. The number of carbonyl (C=O) groups is 1. The molecular weight excluding hydrogens is 246 g/mol. The SMILES string of the molecule is O=C(NCCCBr)c1ccccc1O. The van der Waals surface area contributed by atoms with Crippen molar-refractivity contribution in [3.05, 3.63) is 29.8 Å². The van der Waals surface area contributed by atoms with Crippen molar-refractivity contribution < 1.29 is 9.90 Å². The van der Waals surface area contributed by atoms with E-state index in [-0.39, 0.29) is 11.7 Å². The molecule has 4 heteroatoms. The number of carbonyl (C=O) groups excluding carboxylic acids is 1. The van der Waals surface area contributed by atoms with E-state index in [0.29, 0.717) is 12.1 Å². The van der Waals surface area contributed by atoms with E-state index in [2.05, 4.69) is 21.2 Å². The maximum absolute atomic E-state index is 11.5. The van der Waals surface area contributed by atoms with E-state index in [4.69, 9.17) is 0 Å². The van der Waals surface area contributed by atoms with Crippen LogP contribution in [0.4, 0.5) is 0 Å². The van der Waals surface area contributed by atoms with E-state index in [9.17, 15) is 9.90 Å². The van der Waals surface area contributed by atoms with Crippen LogP contribution in [0.2, 0.25) is 0 Å². The molecule has 0 aliphatic rings. The first-order chi connectivity index (χ1) is 6.75. The minimum absolute atomic E-state index is 0.0174. The van der Waals surface area contributed by atoms with Gasteiger partial charge in [0, 0.05) is 11.9 Å². The fourth-order valence-corrected chi connectivity index (χ4v) is 1.31. The minimum atomic E-state index is -0.232. The lowest BCUT2D eigenvalue weighted by Crippen LogP contribution is -2.24. The van der Waals surface area contributed by atoms with Crippen LogP contribution in [0.1, 0.15) is 16.8 Å². The lowest BCUT2D eigenvalue weighted by Gasteiger charge is -2.05. The Kier molecular flexibility index (Phi) is 4.46. The van der Waals surface area contributed by atoms with Crippen LogP contribution in [0.5, 0.6) is 5.75 Å². The van der Waals surface area contributed by atoms with Gasteiger partial charge >= 0.3 is 0 Å². The van der Waals surface area contributed by atoms with Crippen LogP contribution in [0.3, 0.4) is 0 Å². The maximum Gasteiger partial charge on any atom is 0.255 e. The van der Waals surface area contributed by atoms with Gasteiger partial charge in [-0.2, -0.15) is 0 Å². The predicted molar refractivity (Wildman–Crippen MR) is 58.9 cm³/mol. The zero-order valence-corrected chi connectivity index (χ0v) is 9.25. The molecular formula is C10H12BrNO2. The molecule has 0 unspecified atom stereocenters. The van der Waals surface area contributed by atoms with Crippen LogP contribution in [0, 0.1) is 0 Å². The van der Waals surface area contributed by atoms with E-state index < -0.39 is 0 Å². The number of para-hydroxylation sites is 1. The molecule has 0 spiro atoms. The van der Waals surface area contributed by atoms with Gasteiger partial charge in [-0.05, 0) is 18.6 Å². The van der Waals surface area contributed by atoms with Gasteiger partial charge in [-0.25, -0.2) is 0 Å². The number of rotatable bonds is 4. The first kappa shape index (κ1) is 11.0. The summed E-state index contributed by atoms with van der Waals surface area (Å²) in [6.07, 6.45) is 0.874. The van der Waals surface area contributed by atoms with Crippen molar-refractivity contribution in [2.75, 3.05) is 11.9 Å². The highest BCUT2D eigenvalue weighted by molar-refractivity contribution is 9.09. The van der Waals surface area contributed by atoms with Gasteiger partial charge in [-0.3, -0.25) is 4.79 Å². The van der Waals surface area contributed by atoms with Gasteiger partial charge < -0.3 is 10.4 Å². The van der Waals surface area contributed by atoms with Gasteiger partial charge in [0.1, 0.15) is 5.75 Å². The first-order valence-corrected chi connectivity index (χ1v) is 5.50. The molecule has 0 aliphatic carbocycles. The van der Waals surface area contributed by atoms with Crippen molar-refractivity contribution in [2.24, 2.45) is 0 Å². The van der Waals surface area contributed by atoms with Gasteiger partial charge in [0.15, 0.2) is 0 Å². The molecule has 1 rings (SSSR count). The van der Waals surface area contributed by atoms with Gasteiger partial charge in [0.25, 0.3) is 5.91 Å². The second-order valence-electron chi connectivity index (χ2n) is 2.82. The number of benzene rings is 1. The molecule has 3 nitrogen and oxygen atoms in total. The number of phenols is 1. The van der Waals surface area contributed by atoms with Crippen LogP contribution in [0.25, 0.3) is 0 Å². The van der Waals surface area contributed by atoms with Crippen LogP contribution < -0.4 is 5.32 Å². The molecule has 0 saturated carbocycles. The summed E-state index contributed by atoms with van der Waals surface area (Å²) in [6, 6.07) is 6.50. The van der Waals surface area contributed by atoms with E-state index in [1.807, 2.05) is 0 Å². The first-order valence-electron chi connectivity index (χ1n) is 4.38. The molecule has 14 heavy (non-hydrogen) atoms. The molecule has 1 aromatic carbocycles. The summed E-state index contributed by atoms with van der Waals surface area (Å²) in [7, 11) is 0. The third-order valence-electron chi connectivity index (χ3n) is 1.74. The fraction of sp³-hybridized carbons (Fsp3) is 0.300. The predicted octanol–water partition coefficient (Wildman–Crippen LogP) is 1.91. The quantitative estimate of drug-likeness (QED) is 0.640. The van der Waals surface area contributed by atoms with Crippen molar-refractivity contribution in [1.29, 1.82) is 0 Å². The summed E-state index contributed by atoms with van der Waals surface area (Å²) in [6.45, 7) is 0.610. The molecule has 0 aliphatic heterocycles. The number of phenolic OH excluding ortho intramolecular Hbond substituents is 1. The Morgan fingerprint density at radius 3 is 2.79 bits per heavy atom. The lowest BCUT2D eigenvalue weighted by atomic mass is 10.2. The number of aromatic hydroxyl groups is 1. The second kappa shape index (κ2) is 5.65. The molecule has 1 aromatic rings. The summed E-state index contributed by atoms with van der Waals surface area (Å²) in [4.78, 5) is 11.5.